The first-order valence-corrected chi connectivity index (χ1v) is 8.36. The second-order valence-electron chi connectivity index (χ2n) is 4.74. The Labute approximate surface area is 148 Å². The summed E-state index contributed by atoms with van der Waals surface area (Å²) in [6.45, 7) is 1.84. The fourth-order valence-electron chi connectivity index (χ4n) is 1.87. The predicted molar refractivity (Wildman–Crippen MR) is 94.6 cm³/mol. The minimum absolute atomic E-state index is 0.137. The molecule has 0 spiro atoms. The fourth-order valence-corrected chi connectivity index (χ4v) is 3.13. The monoisotopic (exact) mass is 371 g/mol. The highest BCUT2D eigenvalue weighted by molar-refractivity contribution is 7.99. The first-order chi connectivity index (χ1) is 10.8. The number of benzene rings is 1. The summed E-state index contributed by atoms with van der Waals surface area (Å²) in [4.78, 5) is 20.0. The topological polar surface area (TPSA) is 107 Å². The molecule has 1 heterocycles. The van der Waals surface area contributed by atoms with Gasteiger partial charge in [-0.25, -0.2) is 9.97 Å². The van der Waals surface area contributed by atoms with Gasteiger partial charge in [0.1, 0.15) is 11.6 Å². The zero-order chi connectivity index (χ0) is 17.0. The normalized spacial score (nSPS) is 12.0. The molecule has 9 heteroatoms. The molecule has 1 atom stereocenters. The van der Waals surface area contributed by atoms with Crippen molar-refractivity contribution in [1.29, 1.82) is 0 Å². The summed E-state index contributed by atoms with van der Waals surface area (Å²) >= 11 is 13.1. The van der Waals surface area contributed by atoms with Crippen LogP contribution >= 0.6 is 35.0 Å². The molecule has 0 aliphatic heterocycles. The Bertz CT molecular complexity index is 708. The van der Waals surface area contributed by atoms with E-state index < -0.39 is 0 Å². The van der Waals surface area contributed by atoms with E-state index in [0.717, 1.165) is 17.3 Å². The van der Waals surface area contributed by atoms with Gasteiger partial charge in [0.25, 0.3) is 0 Å². The van der Waals surface area contributed by atoms with E-state index in [1.54, 1.807) is 18.2 Å². The van der Waals surface area contributed by atoms with Crippen LogP contribution < -0.4 is 16.8 Å². The van der Waals surface area contributed by atoms with Crippen LogP contribution in [-0.4, -0.2) is 21.6 Å². The molecule has 2 rings (SSSR count). The molecule has 122 valence electrons. The number of nitrogens with two attached hydrogens (primary N) is 2. The number of carbonyl (C=O) groups is 1. The number of hydrogen-bond acceptors (Lipinski definition) is 6. The number of nitrogens with zero attached hydrogens (tertiary/aromatic N) is 2. The molecule has 0 saturated carbocycles. The molecule has 0 radical (unpaired) electrons. The molecule has 5 N–H and O–H groups in total. The Kier molecular flexibility index (Phi) is 5.92. The van der Waals surface area contributed by atoms with E-state index >= 15 is 0 Å². The number of nitrogens with one attached hydrogen (secondary N) is 1. The van der Waals surface area contributed by atoms with Gasteiger partial charge >= 0.3 is 0 Å². The van der Waals surface area contributed by atoms with Crippen molar-refractivity contribution in [2.45, 2.75) is 18.1 Å². The Balaban J connectivity index is 1.93. The molecule has 0 saturated heterocycles. The van der Waals surface area contributed by atoms with Crippen molar-refractivity contribution in [3.8, 4) is 0 Å². The summed E-state index contributed by atoms with van der Waals surface area (Å²) in [6.07, 6.45) is 0. The van der Waals surface area contributed by atoms with Gasteiger partial charge < -0.3 is 16.8 Å². The Morgan fingerprint density at radius 3 is 2.52 bits per heavy atom. The van der Waals surface area contributed by atoms with E-state index in [1.165, 1.54) is 6.07 Å². The zero-order valence-corrected chi connectivity index (χ0v) is 14.5. The number of anilines is 2. The lowest BCUT2D eigenvalue weighted by molar-refractivity contribution is -0.119. The number of aromatic nitrogens is 2. The maximum atomic E-state index is 12.0. The lowest BCUT2D eigenvalue weighted by Gasteiger charge is -2.15. The quantitative estimate of drug-likeness (QED) is 0.550. The molecule has 0 unspecified atom stereocenters. The van der Waals surface area contributed by atoms with Crippen molar-refractivity contribution in [3.63, 3.8) is 0 Å². The largest absolute Gasteiger partial charge is 0.383 e. The number of thioether (sulfide) groups is 1. The van der Waals surface area contributed by atoms with Crippen LogP contribution in [0, 0.1) is 0 Å². The van der Waals surface area contributed by atoms with Gasteiger partial charge in [0, 0.05) is 16.1 Å². The number of nitrogen functional groups attached to an aromatic ring is 2. The fraction of sp³-hybridized carbons (Fsp3) is 0.214. The van der Waals surface area contributed by atoms with Crippen molar-refractivity contribution >= 4 is 52.5 Å². The van der Waals surface area contributed by atoms with Gasteiger partial charge in [-0.05, 0) is 24.6 Å². The van der Waals surface area contributed by atoms with Crippen LogP contribution in [-0.2, 0) is 4.79 Å². The van der Waals surface area contributed by atoms with Crippen LogP contribution in [0.4, 0.5) is 11.6 Å². The summed E-state index contributed by atoms with van der Waals surface area (Å²) in [5.41, 5.74) is 12.0. The highest BCUT2D eigenvalue weighted by Crippen LogP contribution is 2.26. The second kappa shape index (κ2) is 7.72. The van der Waals surface area contributed by atoms with Crippen molar-refractivity contribution in [2.24, 2.45) is 0 Å². The van der Waals surface area contributed by atoms with Crippen molar-refractivity contribution in [1.82, 2.24) is 15.3 Å². The van der Waals surface area contributed by atoms with Gasteiger partial charge in [-0.1, -0.05) is 41.0 Å². The molecule has 23 heavy (non-hydrogen) atoms. The summed E-state index contributed by atoms with van der Waals surface area (Å²) in [5.74, 6) is 0.486. The van der Waals surface area contributed by atoms with Crippen LogP contribution in [0.2, 0.25) is 10.0 Å². The molecule has 0 aliphatic rings. The third kappa shape index (κ3) is 5.16. The van der Waals surface area contributed by atoms with E-state index in [0.29, 0.717) is 15.2 Å². The third-order valence-corrected chi connectivity index (χ3v) is 4.29. The van der Waals surface area contributed by atoms with E-state index in [4.69, 9.17) is 34.7 Å². The molecule has 0 fully saturated rings. The van der Waals surface area contributed by atoms with Crippen LogP contribution in [0.1, 0.15) is 18.5 Å². The van der Waals surface area contributed by atoms with Gasteiger partial charge in [0.2, 0.25) is 5.91 Å². The molecule has 1 amide bonds. The summed E-state index contributed by atoms with van der Waals surface area (Å²) in [5, 5.41) is 4.26. The Morgan fingerprint density at radius 2 is 1.91 bits per heavy atom. The van der Waals surface area contributed by atoms with Crippen molar-refractivity contribution < 1.29 is 4.79 Å². The molecule has 1 aromatic carbocycles. The average Bonchev–Trinajstić information content (AvgIpc) is 2.44. The van der Waals surface area contributed by atoms with E-state index in [-0.39, 0.29) is 29.3 Å². The zero-order valence-electron chi connectivity index (χ0n) is 12.2. The van der Waals surface area contributed by atoms with Gasteiger partial charge in [-0.2, -0.15) is 0 Å². The number of halogens is 2. The van der Waals surface area contributed by atoms with E-state index in [2.05, 4.69) is 15.3 Å². The Morgan fingerprint density at radius 1 is 1.26 bits per heavy atom. The molecule has 2 aromatic rings. The molecule has 1 aromatic heterocycles. The van der Waals surface area contributed by atoms with Crippen LogP contribution in [0.5, 0.6) is 0 Å². The van der Waals surface area contributed by atoms with Crippen molar-refractivity contribution in [3.05, 3.63) is 39.9 Å². The molecule has 6 nitrogen and oxygen atoms in total. The Hall–Kier alpha value is -1.70. The third-order valence-electron chi connectivity index (χ3n) is 2.88. The number of amides is 1. The van der Waals surface area contributed by atoms with Gasteiger partial charge in [-0.15, -0.1) is 0 Å². The molecular formula is C14H15Cl2N5OS. The first-order valence-electron chi connectivity index (χ1n) is 6.62. The summed E-state index contributed by atoms with van der Waals surface area (Å²) in [6, 6.07) is 6.35. The summed E-state index contributed by atoms with van der Waals surface area (Å²) in [7, 11) is 0. The molecule has 0 aliphatic carbocycles. The highest BCUT2D eigenvalue weighted by Gasteiger charge is 2.14. The van der Waals surface area contributed by atoms with Crippen LogP contribution in [0.3, 0.4) is 0 Å². The maximum Gasteiger partial charge on any atom is 0.230 e. The lowest BCUT2D eigenvalue weighted by Crippen LogP contribution is -2.28. The lowest BCUT2D eigenvalue weighted by atomic mass is 10.1. The standard InChI is InChI=1S/C14H15Cl2N5OS/c1-7(9-3-2-8(15)4-10(9)16)19-13(22)6-23-14-20-11(17)5-12(18)21-14/h2-5,7H,6H2,1H3,(H,19,22)(H4,17,18,20,21)/t7-/m0/s1. The van der Waals surface area contributed by atoms with Crippen LogP contribution in [0.15, 0.2) is 29.4 Å². The number of hydrogen-bond donors (Lipinski definition) is 3. The minimum Gasteiger partial charge on any atom is -0.383 e. The summed E-state index contributed by atoms with van der Waals surface area (Å²) < 4.78 is 0. The molecular weight excluding hydrogens is 357 g/mol. The molecule has 0 bridgehead atoms. The SMILES string of the molecule is C[C@H](NC(=O)CSc1nc(N)cc(N)n1)c1ccc(Cl)cc1Cl. The smallest absolute Gasteiger partial charge is 0.230 e. The minimum atomic E-state index is -0.250. The van der Waals surface area contributed by atoms with E-state index in [1.807, 2.05) is 6.92 Å². The van der Waals surface area contributed by atoms with Gasteiger partial charge in [-0.3, -0.25) is 4.79 Å². The highest BCUT2D eigenvalue weighted by atomic mass is 35.5. The number of rotatable bonds is 5. The van der Waals surface area contributed by atoms with Gasteiger partial charge in [0.05, 0.1) is 11.8 Å². The average molecular weight is 372 g/mol. The predicted octanol–water partition coefficient (Wildman–Crippen LogP) is 2.92. The van der Waals surface area contributed by atoms with Gasteiger partial charge in [0.15, 0.2) is 5.16 Å². The first kappa shape index (κ1) is 17.7. The second-order valence-corrected chi connectivity index (χ2v) is 6.53. The number of carbonyl (C=O) groups excluding carboxylic acids is 1. The van der Waals surface area contributed by atoms with E-state index in [9.17, 15) is 4.79 Å². The van der Waals surface area contributed by atoms with Crippen molar-refractivity contribution in [2.75, 3.05) is 17.2 Å². The maximum absolute atomic E-state index is 12.0. The van der Waals surface area contributed by atoms with Crippen LogP contribution in [0.25, 0.3) is 0 Å².